The van der Waals surface area contributed by atoms with E-state index in [1.54, 1.807) is 6.07 Å². The van der Waals surface area contributed by atoms with Crippen LogP contribution in [0, 0.1) is 11.8 Å². The van der Waals surface area contributed by atoms with E-state index in [9.17, 15) is 9.90 Å². The van der Waals surface area contributed by atoms with Crippen molar-refractivity contribution < 1.29 is 14.6 Å². The van der Waals surface area contributed by atoms with E-state index in [4.69, 9.17) is 16.3 Å². The summed E-state index contributed by atoms with van der Waals surface area (Å²) < 4.78 is 6.45. The van der Waals surface area contributed by atoms with Crippen LogP contribution in [-0.2, 0) is 11.8 Å². The highest BCUT2D eigenvalue weighted by Gasteiger charge is 2.43. The van der Waals surface area contributed by atoms with Gasteiger partial charge in [-0.3, -0.25) is 0 Å². The SMILES string of the molecule is CCC/C=C/[C@H]1CC[C@@H]1CN1C[C@@]2(CCCc3cc(Cl)ccc32)COc2ccc(C(=O)O)cc21. The van der Waals surface area contributed by atoms with Gasteiger partial charge in [0.05, 0.1) is 17.9 Å². The highest BCUT2D eigenvalue weighted by atomic mass is 35.5. The van der Waals surface area contributed by atoms with E-state index in [0.717, 1.165) is 55.2 Å². The minimum atomic E-state index is -0.900. The Morgan fingerprint density at radius 1 is 1.26 bits per heavy atom. The predicted molar refractivity (Wildman–Crippen MR) is 137 cm³/mol. The Hall–Kier alpha value is -2.46. The first-order valence-corrected chi connectivity index (χ1v) is 13.1. The van der Waals surface area contributed by atoms with Crippen LogP contribution >= 0.6 is 11.6 Å². The number of nitrogens with zero attached hydrogens (tertiary/aromatic N) is 1. The molecule has 4 nitrogen and oxygen atoms in total. The number of carbonyl (C=O) groups is 1. The summed E-state index contributed by atoms with van der Waals surface area (Å²) >= 11 is 6.34. The van der Waals surface area contributed by atoms with Crippen LogP contribution in [0.15, 0.2) is 48.6 Å². The van der Waals surface area contributed by atoms with Crippen LogP contribution in [0.1, 0.15) is 66.9 Å². The maximum Gasteiger partial charge on any atom is 0.335 e. The zero-order chi connectivity index (χ0) is 23.7. The molecule has 34 heavy (non-hydrogen) atoms. The minimum Gasteiger partial charge on any atom is -0.490 e. The number of unbranched alkanes of at least 4 members (excludes halogenated alkanes) is 1. The van der Waals surface area contributed by atoms with Crippen LogP contribution in [-0.4, -0.2) is 30.8 Å². The number of aromatic carboxylic acids is 1. The van der Waals surface area contributed by atoms with Gasteiger partial charge in [0.2, 0.25) is 0 Å². The van der Waals surface area contributed by atoms with E-state index >= 15 is 0 Å². The quantitative estimate of drug-likeness (QED) is 0.458. The van der Waals surface area contributed by atoms with E-state index in [1.165, 1.54) is 30.4 Å². The second-order valence-corrected chi connectivity index (χ2v) is 10.7. The Balaban J connectivity index is 1.51. The Morgan fingerprint density at radius 3 is 2.91 bits per heavy atom. The van der Waals surface area contributed by atoms with Crippen LogP contribution in [0.25, 0.3) is 0 Å². The summed E-state index contributed by atoms with van der Waals surface area (Å²) in [6.07, 6.45) is 12.7. The van der Waals surface area contributed by atoms with Gasteiger partial charge in [0, 0.05) is 23.5 Å². The minimum absolute atomic E-state index is 0.127. The number of rotatable bonds is 6. The highest BCUT2D eigenvalue weighted by Crippen LogP contribution is 2.46. The summed E-state index contributed by atoms with van der Waals surface area (Å²) in [5.74, 6) is 1.08. The second kappa shape index (κ2) is 9.65. The standard InChI is InChI=1S/C29H34ClNO3/c1-2-3-4-6-20-8-9-23(20)17-31-18-29(14-5-7-21-15-24(30)11-12-25(21)29)19-34-27-13-10-22(28(32)33)16-26(27)31/h4,6,10-13,15-16,20,23H,2-3,5,7-9,14,17-19H2,1H3,(H,32,33)/b6-4+/t20-,23+,29-/m0/s1. The monoisotopic (exact) mass is 479 g/mol. The number of aryl methyl sites for hydroxylation is 1. The van der Waals surface area contributed by atoms with Gasteiger partial charge in [-0.05, 0) is 91.8 Å². The average Bonchev–Trinajstić information content (AvgIpc) is 2.96. The molecule has 1 saturated carbocycles. The molecule has 1 heterocycles. The molecule has 0 saturated heterocycles. The molecule has 5 heteroatoms. The molecule has 180 valence electrons. The molecule has 2 aromatic rings. The molecule has 3 atom stereocenters. The largest absolute Gasteiger partial charge is 0.490 e. The number of carboxylic acid groups (broad SMARTS) is 1. The zero-order valence-corrected chi connectivity index (χ0v) is 20.7. The lowest BCUT2D eigenvalue weighted by Gasteiger charge is -2.44. The van der Waals surface area contributed by atoms with E-state index in [1.807, 2.05) is 18.2 Å². The number of carboxylic acids is 1. The zero-order valence-electron chi connectivity index (χ0n) is 19.9. The van der Waals surface area contributed by atoms with Gasteiger partial charge in [0.15, 0.2) is 0 Å². The number of fused-ring (bicyclic) bond motifs is 3. The molecular formula is C29H34ClNO3. The number of ether oxygens (including phenoxy) is 1. The molecule has 0 unspecified atom stereocenters. The first-order valence-electron chi connectivity index (χ1n) is 12.7. The lowest BCUT2D eigenvalue weighted by atomic mass is 9.69. The molecular weight excluding hydrogens is 446 g/mol. The molecule has 2 aliphatic carbocycles. The first kappa shape index (κ1) is 23.3. The van der Waals surface area contributed by atoms with Crippen molar-refractivity contribution in [2.45, 2.75) is 57.3 Å². The van der Waals surface area contributed by atoms with Crippen molar-refractivity contribution in [3.63, 3.8) is 0 Å². The van der Waals surface area contributed by atoms with Crippen LogP contribution in [0.5, 0.6) is 5.75 Å². The van der Waals surface area contributed by atoms with Gasteiger partial charge in [-0.25, -0.2) is 4.79 Å². The molecule has 2 aromatic carbocycles. The fourth-order valence-corrected chi connectivity index (χ4v) is 6.24. The third-order valence-corrected chi connectivity index (χ3v) is 8.29. The molecule has 1 spiro atoms. The van der Waals surface area contributed by atoms with E-state index in [0.29, 0.717) is 24.0 Å². The molecule has 0 aromatic heterocycles. The van der Waals surface area contributed by atoms with Gasteiger partial charge in [-0.2, -0.15) is 0 Å². The maximum absolute atomic E-state index is 11.8. The summed E-state index contributed by atoms with van der Waals surface area (Å²) in [5.41, 5.74) is 3.77. The van der Waals surface area contributed by atoms with Crippen molar-refractivity contribution in [2.24, 2.45) is 11.8 Å². The normalized spacial score (nSPS) is 25.9. The molecule has 1 N–H and O–H groups in total. The van der Waals surface area contributed by atoms with Crippen molar-refractivity contribution in [3.05, 3.63) is 70.3 Å². The molecule has 1 fully saturated rings. The van der Waals surface area contributed by atoms with Crippen LogP contribution in [0.2, 0.25) is 5.02 Å². The van der Waals surface area contributed by atoms with E-state index < -0.39 is 5.97 Å². The van der Waals surface area contributed by atoms with Crippen LogP contribution < -0.4 is 9.64 Å². The van der Waals surface area contributed by atoms with Crippen molar-refractivity contribution in [2.75, 3.05) is 24.6 Å². The summed E-state index contributed by atoms with van der Waals surface area (Å²) in [6.45, 7) is 4.57. The summed E-state index contributed by atoms with van der Waals surface area (Å²) in [7, 11) is 0. The summed E-state index contributed by atoms with van der Waals surface area (Å²) in [6, 6.07) is 11.6. The number of allylic oxidation sites excluding steroid dienone is 2. The molecule has 5 rings (SSSR count). The van der Waals surface area contributed by atoms with Gasteiger partial charge in [0.1, 0.15) is 5.75 Å². The molecule has 0 radical (unpaired) electrons. The number of hydrogen-bond donors (Lipinski definition) is 1. The van der Waals surface area contributed by atoms with Gasteiger partial charge >= 0.3 is 5.97 Å². The van der Waals surface area contributed by atoms with E-state index in [2.05, 4.69) is 36.1 Å². The average molecular weight is 480 g/mol. The number of hydrogen-bond acceptors (Lipinski definition) is 3. The highest BCUT2D eigenvalue weighted by molar-refractivity contribution is 6.30. The number of benzene rings is 2. The van der Waals surface area contributed by atoms with Gasteiger partial charge < -0.3 is 14.7 Å². The molecule has 0 bridgehead atoms. The molecule has 3 aliphatic rings. The summed E-state index contributed by atoms with van der Waals surface area (Å²) in [5, 5.41) is 10.4. The van der Waals surface area contributed by atoms with Crippen molar-refractivity contribution in [1.82, 2.24) is 0 Å². The Bertz CT molecular complexity index is 1100. The smallest absolute Gasteiger partial charge is 0.335 e. The van der Waals surface area contributed by atoms with Crippen molar-refractivity contribution in [1.29, 1.82) is 0 Å². The maximum atomic E-state index is 11.8. The topological polar surface area (TPSA) is 49.8 Å². The fraction of sp³-hybridized carbons (Fsp3) is 0.483. The Morgan fingerprint density at radius 2 is 2.15 bits per heavy atom. The Kier molecular flexibility index (Phi) is 6.61. The predicted octanol–water partition coefficient (Wildman–Crippen LogP) is 6.89. The lowest BCUT2D eigenvalue weighted by molar-refractivity contribution is 0.0697. The first-order chi connectivity index (χ1) is 16.5. The summed E-state index contributed by atoms with van der Waals surface area (Å²) in [4.78, 5) is 14.2. The van der Waals surface area contributed by atoms with Gasteiger partial charge in [-0.15, -0.1) is 0 Å². The molecule has 0 amide bonds. The Labute approximate surface area is 207 Å². The molecule has 1 aliphatic heterocycles. The number of halogens is 1. The fourth-order valence-electron chi connectivity index (χ4n) is 6.04. The van der Waals surface area contributed by atoms with Gasteiger partial charge in [0.25, 0.3) is 0 Å². The lowest BCUT2D eigenvalue weighted by Crippen LogP contribution is -2.48. The van der Waals surface area contributed by atoms with Crippen LogP contribution in [0.4, 0.5) is 5.69 Å². The van der Waals surface area contributed by atoms with Crippen molar-refractivity contribution in [3.8, 4) is 5.75 Å². The third-order valence-electron chi connectivity index (χ3n) is 8.05. The third kappa shape index (κ3) is 4.45. The van der Waals surface area contributed by atoms with Gasteiger partial charge in [-0.1, -0.05) is 43.2 Å². The van der Waals surface area contributed by atoms with E-state index in [-0.39, 0.29) is 5.41 Å². The second-order valence-electron chi connectivity index (χ2n) is 10.3. The van der Waals surface area contributed by atoms with Crippen molar-refractivity contribution >= 4 is 23.3 Å². The number of anilines is 1. The van der Waals surface area contributed by atoms with Crippen LogP contribution in [0.3, 0.4) is 0 Å².